The number of anilines is 1. The fourth-order valence-corrected chi connectivity index (χ4v) is 5.90. The predicted octanol–water partition coefficient (Wildman–Crippen LogP) is 5.72. The summed E-state index contributed by atoms with van der Waals surface area (Å²) < 4.78 is 26.6. The third kappa shape index (κ3) is 6.20. The molecule has 0 bridgehead atoms. The van der Waals surface area contributed by atoms with Crippen molar-refractivity contribution in [3.8, 4) is 17.4 Å². The van der Waals surface area contributed by atoms with Crippen molar-refractivity contribution in [1.29, 1.82) is 0 Å². The number of imidazole rings is 1. The van der Waals surface area contributed by atoms with E-state index in [0.29, 0.717) is 36.6 Å². The van der Waals surface area contributed by atoms with Gasteiger partial charge in [-0.15, -0.1) is 0 Å². The second kappa shape index (κ2) is 13.4. The van der Waals surface area contributed by atoms with E-state index in [1.54, 1.807) is 36.5 Å². The lowest BCUT2D eigenvalue weighted by Gasteiger charge is -2.36. The number of methoxy groups -OCH3 is 2. The van der Waals surface area contributed by atoms with Gasteiger partial charge in [-0.1, -0.05) is 60.7 Å². The van der Waals surface area contributed by atoms with Crippen LogP contribution in [0.4, 0.5) is 5.69 Å². The molecule has 0 atom stereocenters. The molecule has 9 nitrogen and oxygen atoms in total. The Kier molecular flexibility index (Phi) is 8.95. The number of piperidine rings is 1. The lowest BCUT2D eigenvalue weighted by molar-refractivity contribution is -0.141. The summed E-state index contributed by atoms with van der Waals surface area (Å²) in [4.78, 5) is 20.8. The molecule has 3 aromatic carbocycles. The summed E-state index contributed by atoms with van der Waals surface area (Å²) in [5.74, 6) is 1.10. The molecule has 0 unspecified atom stereocenters. The highest BCUT2D eigenvalue weighted by Gasteiger charge is 2.27. The fraction of sp³-hybridized carbons (Fsp3) is 0.314. The normalized spacial score (nSPS) is 14.0. The van der Waals surface area contributed by atoms with Crippen LogP contribution in [0.25, 0.3) is 16.7 Å². The van der Waals surface area contributed by atoms with Crippen LogP contribution in [-0.4, -0.2) is 47.7 Å². The smallest absolute Gasteiger partial charge is 0.333 e. The second-order valence-corrected chi connectivity index (χ2v) is 11.0. The van der Waals surface area contributed by atoms with E-state index < -0.39 is 0 Å². The minimum atomic E-state index is -0.184. The van der Waals surface area contributed by atoms with Gasteiger partial charge in [0.05, 0.1) is 11.0 Å². The summed E-state index contributed by atoms with van der Waals surface area (Å²) in [5.41, 5.74) is 5.10. The minimum absolute atomic E-state index is 0.178. The van der Waals surface area contributed by atoms with Crippen LogP contribution in [-0.2, 0) is 29.7 Å². The van der Waals surface area contributed by atoms with E-state index >= 15 is 0 Å². The van der Waals surface area contributed by atoms with Crippen LogP contribution < -0.4 is 20.1 Å². The monoisotopic (exact) mass is 594 g/mol. The molecule has 9 heteroatoms. The number of pyridine rings is 1. The van der Waals surface area contributed by atoms with Gasteiger partial charge in [-0.3, -0.25) is 9.13 Å². The molecule has 5 aromatic rings. The van der Waals surface area contributed by atoms with Crippen LogP contribution in [0.15, 0.2) is 95.8 Å². The average molecular weight is 595 g/mol. The van der Waals surface area contributed by atoms with Gasteiger partial charge in [0, 0.05) is 52.0 Å². The Balaban J connectivity index is 1.31. The van der Waals surface area contributed by atoms with E-state index in [1.165, 1.54) is 0 Å². The number of rotatable bonds is 11. The largest absolute Gasteiger partial charge is 0.473 e. The SMILES string of the molecule is COC(OC)C1CCN(c2ccc3c(c2)n(C)c(=O)n3-c2ccc(OCc3ccccc3)nc2OCc2ccccc2)CC1. The molecular formula is C35H38N4O5. The molecular weight excluding hydrogens is 556 g/mol. The lowest BCUT2D eigenvalue weighted by Crippen LogP contribution is -2.39. The standard InChI is InChI=1S/C35H38N4O5/c1-37-31-22-28(38-20-18-27(19-21-38)34(41-2)42-3)14-15-29(31)39(35(37)40)30-16-17-32(43-23-25-10-6-4-7-11-25)36-33(30)44-24-26-12-8-5-9-13-26/h4-17,22,27,34H,18-21,23-24H2,1-3H3. The first kappa shape index (κ1) is 29.5. The van der Waals surface area contributed by atoms with Crippen LogP contribution in [0.2, 0.25) is 0 Å². The molecule has 1 fully saturated rings. The number of ether oxygens (including phenoxy) is 4. The molecule has 44 heavy (non-hydrogen) atoms. The quantitative estimate of drug-likeness (QED) is 0.181. The van der Waals surface area contributed by atoms with E-state index in [1.807, 2.05) is 72.8 Å². The maximum Gasteiger partial charge on any atom is 0.333 e. The molecule has 3 heterocycles. The Labute approximate surface area is 257 Å². The van der Waals surface area contributed by atoms with E-state index in [4.69, 9.17) is 23.9 Å². The van der Waals surface area contributed by atoms with Crippen molar-refractivity contribution in [3.05, 3.63) is 113 Å². The Morgan fingerprint density at radius 1 is 0.795 bits per heavy atom. The van der Waals surface area contributed by atoms with Gasteiger partial charge in [0.2, 0.25) is 11.8 Å². The van der Waals surface area contributed by atoms with Crippen molar-refractivity contribution >= 4 is 16.7 Å². The van der Waals surface area contributed by atoms with Gasteiger partial charge < -0.3 is 23.8 Å². The maximum atomic E-state index is 13.8. The molecule has 0 amide bonds. The van der Waals surface area contributed by atoms with Crippen molar-refractivity contribution < 1.29 is 18.9 Å². The van der Waals surface area contributed by atoms with Crippen molar-refractivity contribution in [1.82, 2.24) is 14.1 Å². The van der Waals surface area contributed by atoms with Crippen LogP contribution in [0, 0.1) is 5.92 Å². The molecule has 1 aliphatic heterocycles. The van der Waals surface area contributed by atoms with Crippen LogP contribution in [0.5, 0.6) is 11.8 Å². The van der Waals surface area contributed by atoms with Gasteiger partial charge in [0.25, 0.3) is 0 Å². The first-order chi connectivity index (χ1) is 21.6. The first-order valence-electron chi connectivity index (χ1n) is 14.9. The Bertz CT molecular complexity index is 1740. The predicted molar refractivity (Wildman–Crippen MR) is 171 cm³/mol. The van der Waals surface area contributed by atoms with Gasteiger partial charge in [-0.2, -0.15) is 4.98 Å². The number of hydrogen-bond donors (Lipinski definition) is 0. The van der Waals surface area contributed by atoms with Gasteiger partial charge in [0.1, 0.15) is 18.9 Å². The Morgan fingerprint density at radius 3 is 2.07 bits per heavy atom. The zero-order valence-electron chi connectivity index (χ0n) is 25.4. The summed E-state index contributed by atoms with van der Waals surface area (Å²) >= 11 is 0. The zero-order valence-corrected chi connectivity index (χ0v) is 25.4. The van der Waals surface area contributed by atoms with Gasteiger partial charge in [0.15, 0.2) is 6.29 Å². The number of nitrogens with zero attached hydrogens (tertiary/aromatic N) is 4. The molecule has 1 aliphatic rings. The molecule has 0 radical (unpaired) electrons. The second-order valence-electron chi connectivity index (χ2n) is 11.0. The molecule has 6 rings (SSSR count). The third-order valence-electron chi connectivity index (χ3n) is 8.30. The summed E-state index contributed by atoms with van der Waals surface area (Å²) in [6.07, 6.45) is 1.75. The molecule has 228 valence electrons. The molecule has 0 N–H and O–H groups in total. The summed E-state index contributed by atoms with van der Waals surface area (Å²) in [6.45, 7) is 2.45. The minimum Gasteiger partial charge on any atom is -0.473 e. The third-order valence-corrected chi connectivity index (χ3v) is 8.30. The van der Waals surface area contributed by atoms with E-state index in [2.05, 4.69) is 17.0 Å². The van der Waals surface area contributed by atoms with Gasteiger partial charge >= 0.3 is 5.69 Å². The Morgan fingerprint density at radius 2 is 1.43 bits per heavy atom. The van der Waals surface area contributed by atoms with E-state index in [0.717, 1.165) is 53.8 Å². The van der Waals surface area contributed by atoms with E-state index in [-0.39, 0.29) is 12.0 Å². The molecule has 1 saturated heterocycles. The fourth-order valence-electron chi connectivity index (χ4n) is 5.90. The molecule has 0 aliphatic carbocycles. The highest BCUT2D eigenvalue weighted by atomic mass is 16.7. The number of hydrogen-bond acceptors (Lipinski definition) is 7. The molecule has 0 saturated carbocycles. The van der Waals surface area contributed by atoms with Crippen LogP contribution >= 0.6 is 0 Å². The first-order valence-corrected chi connectivity index (χ1v) is 14.9. The lowest BCUT2D eigenvalue weighted by atomic mass is 9.95. The van der Waals surface area contributed by atoms with E-state index in [9.17, 15) is 4.79 Å². The number of benzene rings is 3. The van der Waals surface area contributed by atoms with Crippen molar-refractivity contribution in [2.75, 3.05) is 32.2 Å². The van der Waals surface area contributed by atoms with Gasteiger partial charge in [-0.25, -0.2) is 4.79 Å². The summed E-state index contributed by atoms with van der Waals surface area (Å²) in [5, 5.41) is 0. The number of fused-ring (bicyclic) bond motifs is 1. The van der Waals surface area contributed by atoms with Crippen molar-refractivity contribution in [2.24, 2.45) is 13.0 Å². The van der Waals surface area contributed by atoms with Gasteiger partial charge in [-0.05, 0) is 48.2 Å². The summed E-state index contributed by atoms with van der Waals surface area (Å²) in [7, 11) is 5.19. The highest BCUT2D eigenvalue weighted by molar-refractivity contribution is 5.82. The number of aromatic nitrogens is 3. The average Bonchev–Trinajstić information content (AvgIpc) is 3.33. The Hall–Kier alpha value is -4.60. The highest BCUT2D eigenvalue weighted by Crippen LogP contribution is 2.31. The number of aryl methyl sites for hydroxylation is 1. The summed E-state index contributed by atoms with van der Waals surface area (Å²) in [6, 6.07) is 29.6. The van der Waals surface area contributed by atoms with Crippen LogP contribution in [0.3, 0.4) is 0 Å². The topological polar surface area (TPSA) is 80.0 Å². The molecule has 2 aromatic heterocycles. The zero-order chi connectivity index (χ0) is 30.5. The maximum absolute atomic E-state index is 13.8. The van der Waals surface area contributed by atoms with Crippen LogP contribution in [0.1, 0.15) is 24.0 Å². The van der Waals surface area contributed by atoms with Crippen molar-refractivity contribution in [3.63, 3.8) is 0 Å². The molecule has 0 spiro atoms. The van der Waals surface area contributed by atoms with Crippen molar-refractivity contribution in [2.45, 2.75) is 32.3 Å².